The number of unbranched alkanes of at least 4 members (excludes halogenated alkanes) is 1. The number of hydrogen-bond acceptors (Lipinski definition) is 3. The van der Waals surface area contributed by atoms with E-state index in [9.17, 15) is 0 Å². The molecule has 2 aromatic heterocycles. The van der Waals surface area contributed by atoms with Crippen LogP contribution >= 0.6 is 0 Å². The molecular weight excluding hydrogens is 200 g/mol. The normalized spacial score (nSPS) is 13.1. The average Bonchev–Trinajstić information content (AvgIpc) is 2.75. The summed E-state index contributed by atoms with van der Waals surface area (Å²) in [4.78, 5) is 4.15. The van der Waals surface area contributed by atoms with E-state index in [0.717, 1.165) is 11.9 Å². The van der Waals surface area contributed by atoms with Gasteiger partial charge in [0.15, 0.2) is 0 Å². The second-order valence-corrected chi connectivity index (χ2v) is 3.99. The Hall–Kier alpha value is -1.42. The highest BCUT2D eigenvalue weighted by Crippen LogP contribution is 2.22. The monoisotopic (exact) mass is 218 g/mol. The fourth-order valence-corrected chi connectivity index (χ4v) is 1.98. The van der Waals surface area contributed by atoms with Crippen molar-refractivity contribution in [2.45, 2.75) is 32.2 Å². The molecule has 1 N–H and O–H groups in total. The first-order valence-electron chi connectivity index (χ1n) is 5.81. The molecule has 0 aliphatic rings. The summed E-state index contributed by atoms with van der Waals surface area (Å²) in [6.45, 7) is 2.21. The summed E-state index contributed by atoms with van der Waals surface area (Å²) < 4.78 is 1.87. The zero-order valence-corrected chi connectivity index (χ0v) is 9.85. The highest BCUT2D eigenvalue weighted by molar-refractivity contribution is 5.53. The molecule has 0 saturated carbocycles. The van der Waals surface area contributed by atoms with Crippen molar-refractivity contribution in [1.82, 2.24) is 19.9 Å². The van der Waals surface area contributed by atoms with Crippen LogP contribution in [0.1, 0.15) is 37.8 Å². The van der Waals surface area contributed by atoms with E-state index in [1.807, 2.05) is 30.2 Å². The number of fused-ring (bicyclic) bond motifs is 1. The summed E-state index contributed by atoms with van der Waals surface area (Å²) in [5.41, 5.74) is 2.34. The lowest BCUT2D eigenvalue weighted by molar-refractivity contribution is 0.525. The minimum atomic E-state index is 0.377. The fourth-order valence-electron chi connectivity index (χ4n) is 1.98. The van der Waals surface area contributed by atoms with E-state index >= 15 is 0 Å². The smallest absolute Gasteiger partial charge is 0.0892 e. The molecule has 0 aliphatic carbocycles. The van der Waals surface area contributed by atoms with E-state index in [0.29, 0.717) is 6.04 Å². The third-order valence-electron chi connectivity index (χ3n) is 2.92. The summed E-state index contributed by atoms with van der Waals surface area (Å²) in [6, 6.07) is 0.377. The van der Waals surface area contributed by atoms with E-state index < -0.39 is 0 Å². The van der Waals surface area contributed by atoms with E-state index in [2.05, 4.69) is 22.3 Å². The van der Waals surface area contributed by atoms with Crippen LogP contribution in [0.15, 0.2) is 24.8 Å². The Morgan fingerprint density at radius 2 is 2.31 bits per heavy atom. The van der Waals surface area contributed by atoms with Crippen molar-refractivity contribution in [3.63, 3.8) is 0 Å². The van der Waals surface area contributed by atoms with E-state index in [1.165, 1.54) is 18.4 Å². The van der Waals surface area contributed by atoms with Gasteiger partial charge >= 0.3 is 0 Å². The van der Waals surface area contributed by atoms with Crippen molar-refractivity contribution in [3.8, 4) is 0 Å². The van der Waals surface area contributed by atoms with Crippen LogP contribution in [0.3, 0.4) is 0 Å². The lowest BCUT2D eigenvalue weighted by Crippen LogP contribution is -2.16. The van der Waals surface area contributed by atoms with Crippen LogP contribution in [0.2, 0.25) is 0 Å². The second-order valence-electron chi connectivity index (χ2n) is 3.99. The highest BCUT2D eigenvalue weighted by Gasteiger charge is 2.13. The molecule has 2 heterocycles. The SMILES string of the molecule is CCCCC(NC)c1cnn2ccncc12. The first kappa shape index (κ1) is 11.1. The predicted molar refractivity (Wildman–Crippen MR) is 64.3 cm³/mol. The Morgan fingerprint density at radius 1 is 1.44 bits per heavy atom. The molecule has 0 bridgehead atoms. The van der Waals surface area contributed by atoms with Gasteiger partial charge in [-0.3, -0.25) is 4.98 Å². The molecule has 0 radical (unpaired) electrons. The minimum absolute atomic E-state index is 0.377. The molecule has 16 heavy (non-hydrogen) atoms. The Bertz CT molecular complexity index is 449. The van der Waals surface area contributed by atoms with Crippen LogP contribution in [-0.4, -0.2) is 21.6 Å². The van der Waals surface area contributed by atoms with Crippen LogP contribution in [-0.2, 0) is 0 Å². The molecule has 0 aliphatic heterocycles. The van der Waals surface area contributed by atoms with Gasteiger partial charge in [0.2, 0.25) is 0 Å². The summed E-state index contributed by atoms with van der Waals surface area (Å²) in [7, 11) is 2.00. The number of aromatic nitrogens is 3. The van der Waals surface area contributed by atoms with E-state index in [4.69, 9.17) is 0 Å². The average molecular weight is 218 g/mol. The Morgan fingerprint density at radius 3 is 3.06 bits per heavy atom. The summed E-state index contributed by atoms with van der Waals surface area (Å²) in [5, 5.41) is 7.68. The van der Waals surface area contributed by atoms with Crippen LogP contribution in [0.5, 0.6) is 0 Å². The summed E-state index contributed by atoms with van der Waals surface area (Å²) >= 11 is 0. The van der Waals surface area contributed by atoms with Crippen LogP contribution < -0.4 is 5.32 Å². The Balaban J connectivity index is 2.30. The van der Waals surface area contributed by atoms with Crippen molar-refractivity contribution >= 4 is 5.52 Å². The maximum Gasteiger partial charge on any atom is 0.0892 e. The summed E-state index contributed by atoms with van der Waals surface area (Å²) in [5.74, 6) is 0. The zero-order valence-electron chi connectivity index (χ0n) is 9.85. The number of nitrogens with one attached hydrogen (secondary N) is 1. The molecule has 1 unspecified atom stereocenters. The molecule has 0 aromatic carbocycles. The Kier molecular flexibility index (Phi) is 3.51. The minimum Gasteiger partial charge on any atom is -0.313 e. The van der Waals surface area contributed by atoms with Crippen molar-refractivity contribution in [2.24, 2.45) is 0 Å². The van der Waals surface area contributed by atoms with Crippen LogP contribution in [0.25, 0.3) is 5.52 Å². The van der Waals surface area contributed by atoms with Crippen LogP contribution in [0, 0.1) is 0 Å². The van der Waals surface area contributed by atoms with Gasteiger partial charge in [-0.1, -0.05) is 19.8 Å². The molecule has 0 spiro atoms. The Labute approximate surface area is 95.7 Å². The predicted octanol–water partition coefficient (Wildman–Crippen LogP) is 2.18. The van der Waals surface area contributed by atoms with Gasteiger partial charge < -0.3 is 5.32 Å². The van der Waals surface area contributed by atoms with Gasteiger partial charge in [0.05, 0.1) is 17.9 Å². The van der Waals surface area contributed by atoms with E-state index in [-0.39, 0.29) is 0 Å². The van der Waals surface area contributed by atoms with Crippen molar-refractivity contribution in [3.05, 3.63) is 30.4 Å². The maximum absolute atomic E-state index is 4.33. The third kappa shape index (κ3) is 2.07. The van der Waals surface area contributed by atoms with Gasteiger partial charge in [-0.15, -0.1) is 0 Å². The molecule has 0 saturated heterocycles. The maximum atomic E-state index is 4.33. The molecule has 1 atom stereocenters. The quantitative estimate of drug-likeness (QED) is 0.836. The van der Waals surface area contributed by atoms with Crippen molar-refractivity contribution in [1.29, 1.82) is 0 Å². The lowest BCUT2D eigenvalue weighted by atomic mass is 10.0. The highest BCUT2D eigenvalue weighted by atomic mass is 15.2. The molecule has 0 fully saturated rings. The largest absolute Gasteiger partial charge is 0.313 e. The standard InChI is InChI=1S/C12H18N4/c1-3-4-5-11(13-2)10-8-15-16-7-6-14-9-12(10)16/h6-9,11,13H,3-5H2,1-2H3. The zero-order chi connectivity index (χ0) is 11.4. The number of hydrogen-bond donors (Lipinski definition) is 1. The van der Waals surface area contributed by atoms with Gasteiger partial charge in [-0.25, -0.2) is 4.52 Å². The molecule has 4 heteroatoms. The molecule has 0 amide bonds. The lowest BCUT2D eigenvalue weighted by Gasteiger charge is -2.14. The molecule has 2 aromatic rings. The molecular formula is C12H18N4. The van der Waals surface area contributed by atoms with Crippen molar-refractivity contribution in [2.75, 3.05) is 7.05 Å². The molecule has 4 nitrogen and oxygen atoms in total. The number of nitrogens with zero attached hydrogens (tertiary/aromatic N) is 3. The topological polar surface area (TPSA) is 42.2 Å². The van der Waals surface area contributed by atoms with Gasteiger partial charge in [-0.05, 0) is 13.5 Å². The molecule has 86 valence electrons. The second kappa shape index (κ2) is 5.07. The third-order valence-corrected chi connectivity index (χ3v) is 2.92. The van der Waals surface area contributed by atoms with Crippen LogP contribution in [0.4, 0.5) is 0 Å². The fraction of sp³-hybridized carbons (Fsp3) is 0.500. The van der Waals surface area contributed by atoms with Gasteiger partial charge in [0.25, 0.3) is 0 Å². The van der Waals surface area contributed by atoms with Gasteiger partial charge in [-0.2, -0.15) is 5.10 Å². The molecule has 2 rings (SSSR count). The van der Waals surface area contributed by atoms with Crippen molar-refractivity contribution < 1.29 is 0 Å². The first-order chi connectivity index (χ1) is 7.86. The van der Waals surface area contributed by atoms with Gasteiger partial charge in [0.1, 0.15) is 0 Å². The van der Waals surface area contributed by atoms with Gasteiger partial charge in [0, 0.05) is 24.0 Å². The number of rotatable bonds is 5. The first-order valence-corrected chi connectivity index (χ1v) is 5.81. The summed E-state index contributed by atoms with van der Waals surface area (Å²) in [6.07, 6.45) is 11.0. The van der Waals surface area contributed by atoms with E-state index in [1.54, 1.807) is 6.20 Å².